The molecule has 1 aliphatic rings. The third-order valence-electron chi connectivity index (χ3n) is 5.78. The van der Waals surface area contributed by atoms with Crippen molar-refractivity contribution in [2.75, 3.05) is 13.7 Å². The summed E-state index contributed by atoms with van der Waals surface area (Å²) in [5, 5.41) is 18.7. The number of quaternary nitrogens is 1. The van der Waals surface area contributed by atoms with Gasteiger partial charge in [-0.05, 0) is 29.8 Å². The van der Waals surface area contributed by atoms with Crippen LogP contribution in [0, 0.1) is 10.1 Å². The van der Waals surface area contributed by atoms with Crippen LogP contribution in [0.3, 0.4) is 0 Å². The minimum atomic E-state index is -0.439. The number of nitro groups is 1. The van der Waals surface area contributed by atoms with Gasteiger partial charge in [-0.3, -0.25) is 14.8 Å². The molecule has 5 rings (SSSR count). The molecule has 1 aliphatic heterocycles. The molecular weight excluding hydrogens is 382 g/mol. The molecule has 1 unspecified atom stereocenters. The highest BCUT2D eigenvalue weighted by atomic mass is 16.6. The van der Waals surface area contributed by atoms with Crippen LogP contribution >= 0.6 is 0 Å². The molecule has 8 heteroatoms. The number of nitrogens with two attached hydrogens (primary N) is 1. The van der Waals surface area contributed by atoms with E-state index in [-0.39, 0.29) is 11.7 Å². The molecule has 0 saturated carbocycles. The first-order chi connectivity index (χ1) is 14.6. The van der Waals surface area contributed by atoms with E-state index in [2.05, 4.69) is 51.8 Å². The molecule has 152 valence electrons. The quantitative estimate of drug-likeness (QED) is 0.394. The molecular formula is C22H22N5O3+. The highest BCUT2D eigenvalue weighted by molar-refractivity contribution is 5.85. The van der Waals surface area contributed by atoms with Crippen LogP contribution in [0.25, 0.3) is 10.9 Å². The van der Waals surface area contributed by atoms with Crippen LogP contribution in [-0.4, -0.2) is 33.3 Å². The molecule has 30 heavy (non-hydrogen) atoms. The number of H-pyrrole nitrogens is 1. The number of hydrogen-bond donors (Lipinski definition) is 2. The fourth-order valence-electron chi connectivity index (χ4n) is 4.39. The van der Waals surface area contributed by atoms with Crippen molar-refractivity contribution in [3.63, 3.8) is 0 Å². The maximum absolute atomic E-state index is 11.0. The average Bonchev–Trinajstić information content (AvgIpc) is 3.38. The molecule has 2 aromatic heterocycles. The summed E-state index contributed by atoms with van der Waals surface area (Å²) < 4.78 is 7.11. The summed E-state index contributed by atoms with van der Waals surface area (Å²) in [6.45, 7) is 1.42. The Morgan fingerprint density at radius 1 is 1.33 bits per heavy atom. The average molecular weight is 404 g/mol. The zero-order chi connectivity index (χ0) is 20.7. The molecule has 8 nitrogen and oxygen atoms in total. The van der Waals surface area contributed by atoms with Crippen molar-refractivity contribution >= 4 is 16.6 Å². The summed E-state index contributed by atoms with van der Waals surface area (Å²) in [6, 6.07) is 14.8. The first-order valence-electron chi connectivity index (χ1n) is 9.90. The summed E-state index contributed by atoms with van der Waals surface area (Å²) in [6.07, 6.45) is 3.74. The van der Waals surface area contributed by atoms with Crippen molar-refractivity contribution in [3.8, 4) is 5.75 Å². The van der Waals surface area contributed by atoms with Gasteiger partial charge < -0.3 is 15.0 Å². The Morgan fingerprint density at radius 2 is 2.20 bits per heavy atom. The first kappa shape index (κ1) is 18.4. The van der Waals surface area contributed by atoms with E-state index >= 15 is 0 Å². The molecule has 1 atom stereocenters. The summed E-state index contributed by atoms with van der Waals surface area (Å²) >= 11 is 0. The Kier molecular flexibility index (Phi) is 4.48. The smallest absolute Gasteiger partial charge is 0.307 e. The van der Waals surface area contributed by atoms with Gasteiger partial charge in [0.05, 0.1) is 30.8 Å². The van der Waals surface area contributed by atoms with Crippen molar-refractivity contribution < 1.29 is 15.0 Å². The lowest BCUT2D eigenvalue weighted by Crippen LogP contribution is -2.87. The molecule has 0 spiro atoms. The number of ether oxygens (including phenoxy) is 1. The van der Waals surface area contributed by atoms with Gasteiger partial charge in [0.1, 0.15) is 18.1 Å². The molecule has 0 fully saturated rings. The van der Waals surface area contributed by atoms with Gasteiger partial charge in [0.25, 0.3) is 0 Å². The molecule has 0 radical (unpaired) electrons. The maximum atomic E-state index is 11.0. The largest absolute Gasteiger partial charge is 0.496 e. The van der Waals surface area contributed by atoms with Gasteiger partial charge in [0.15, 0.2) is 6.04 Å². The summed E-state index contributed by atoms with van der Waals surface area (Å²) in [5.41, 5.74) is 5.88. The summed E-state index contributed by atoms with van der Waals surface area (Å²) in [4.78, 5) is 14.1. The van der Waals surface area contributed by atoms with Gasteiger partial charge in [-0.15, -0.1) is 0 Å². The minimum Gasteiger partial charge on any atom is -0.496 e. The molecule has 3 N–H and O–H groups in total. The van der Waals surface area contributed by atoms with Crippen molar-refractivity contribution in [1.82, 2.24) is 14.8 Å². The Hall–Kier alpha value is -3.65. The number of benzene rings is 2. The second-order valence-corrected chi connectivity index (χ2v) is 7.54. The monoisotopic (exact) mass is 404 g/mol. The predicted molar refractivity (Wildman–Crippen MR) is 112 cm³/mol. The third-order valence-corrected chi connectivity index (χ3v) is 5.78. The first-order valence-corrected chi connectivity index (χ1v) is 9.90. The van der Waals surface area contributed by atoms with E-state index in [9.17, 15) is 10.1 Å². The van der Waals surface area contributed by atoms with Gasteiger partial charge in [0.2, 0.25) is 0 Å². The second-order valence-electron chi connectivity index (χ2n) is 7.54. The van der Waals surface area contributed by atoms with Crippen LogP contribution in [0.1, 0.15) is 28.4 Å². The van der Waals surface area contributed by atoms with Gasteiger partial charge in [0, 0.05) is 28.5 Å². The van der Waals surface area contributed by atoms with Crippen molar-refractivity contribution in [3.05, 3.63) is 87.4 Å². The van der Waals surface area contributed by atoms with E-state index in [0.717, 1.165) is 24.3 Å². The van der Waals surface area contributed by atoms with Gasteiger partial charge in [-0.25, -0.2) is 0 Å². The van der Waals surface area contributed by atoms with Crippen LogP contribution in [0.15, 0.2) is 54.9 Å². The van der Waals surface area contributed by atoms with Crippen LogP contribution in [0.4, 0.5) is 5.69 Å². The molecule has 2 aromatic carbocycles. The predicted octanol–water partition coefficient (Wildman–Crippen LogP) is 2.54. The van der Waals surface area contributed by atoms with Crippen LogP contribution in [-0.2, 0) is 13.0 Å². The van der Waals surface area contributed by atoms with E-state index in [1.807, 2.05) is 6.07 Å². The lowest BCUT2D eigenvalue weighted by Gasteiger charge is -2.22. The van der Waals surface area contributed by atoms with E-state index in [4.69, 9.17) is 4.74 Å². The molecule has 4 aromatic rings. The molecule has 0 saturated heterocycles. The molecule has 3 heterocycles. The second kappa shape index (κ2) is 7.31. The number of aromatic nitrogens is 3. The lowest BCUT2D eigenvalue weighted by atomic mass is 9.93. The van der Waals surface area contributed by atoms with Crippen LogP contribution < -0.4 is 10.1 Å². The Bertz CT molecular complexity index is 1240. The zero-order valence-corrected chi connectivity index (χ0v) is 16.5. The third kappa shape index (κ3) is 3.11. The SMILES string of the molecule is COc1ccc(C2[NH2+]CCc3c2[nH]c2ccccc32)cc1Cn1cc([N+](=O)[O-])cn1. The van der Waals surface area contributed by atoms with Crippen molar-refractivity contribution in [2.24, 2.45) is 0 Å². The maximum Gasteiger partial charge on any atom is 0.307 e. The number of para-hydroxylation sites is 1. The van der Waals surface area contributed by atoms with E-state index in [1.165, 1.54) is 40.1 Å². The molecule has 0 bridgehead atoms. The number of fused-ring (bicyclic) bond motifs is 3. The van der Waals surface area contributed by atoms with E-state index in [1.54, 1.807) is 11.8 Å². The van der Waals surface area contributed by atoms with E-state index < -0.39 is 4.92 Å². The van der Waals surface area contributed by atoms with Crippen molar-refractivity contribution in [1.29, 1.82) is 0 Å². The fraction of sp³-hybridized carbons (Fsp3) is 0.227. The standard InChI is InChI=1S/C22H21N5O3/c1-30-20-7-6-14(10-15(20)12-26-13-16(11-24-26)27(28)29)21-22-18(8-9-23-21)17-4-2-3-5-19(17)25-22/h2-7,10-11,13,21,23,25H,8-9,12H2,1H3/p+1. The number of nitrogens with one attached hydrogen (secondary N) is 1. The molecule has 0 aliphatic carbocycles. The van der Waals surface area contributed by atoms with Gasteiger partial charge >= 0.3 is 5.69 Å². The molecule has 0 amide bonds. The summed E-state index contributed by atoms with van der Waals surface area (Å²) in [5.74, 6) is 0.740. The summed E-state index contributed by atoms with van der Waals surface area (Å²) in [7, 11) is 1.63. The van der Waals surface area contributed by atoms with Crippen molar-refractivity contribution in [2.45, 2.75) is 19.0 Å². The normalized spacial score (nSPS) is 15.8. The number of hydrogen-bond acceptors (Lipinski definition) is 4. The lowest BCUT2D eigenvalue weighted by molar-refractivity contribution is -0.690. The van der Waals surface area contributed by atoms with Gasteiger partial charge in [-0.1, -0.05) is 18.2 Å². The minimum absolute atomic E-state index is 0.0200. The highest BCUT2D eigenvalue weighted by Gasteiger charge is 2.29. The van der Waals surface area contributed by atoms with Crippen LogP contribution in [0.5, 0.6) is 5.75 Å². The van der Waals surface area contributed by atoms with E-state index in [0.29, 0.717) is 6.54 Å². The Balaban J connectivity index is 1.53. The Morgan fingerprint density at radius 3 is 3.00 bits per heavy atom. The van der Waals surface area contributed by atoms with Crippen LogP contribution in [0.2, 0.25) is 0 Å². The Labute approximate surface area is 172 Å². The number of methoxy groups -OCH3 is 1. The number of rotatable bonds is 5. The fourth-order valence-corrected chi connectivity index (χ4v) is 4.39. The number of aromatic amines is 1. The topological polar surface area (TPSA) is 103 Å². The van der Waals surface area contributed by atoms with Gasteiger partial charge in [-0.2, -0.15) is 5.10 Å². The zero-order valence-electron chi connectivity index (χ0n) is 16.5. The number of nitrogens with zero attached hydrogens (tertiary/aromatic N) is 3. The highest BCUT2D eigenvalue weighted by Crippen LogP contribution is 2.32.